The molecule has 0 bridgehead atoms. The van der Waals surface area contributed by atoms with Crippen LogP contribution in [-0.2, 0) is 9.59 Å². The first-order chi connectivity index (χ1) is 16.3. The number of rotatable bonds is 12. The van der Waals surface area contributed by atoms with Gasteiger partial charge in [0.15, 0.2) is 0 Å². The third-order valence-electron chi connectivity index (χ3n) is 5.66. The first kappa shape index (κ1) is 24.6. The van der Waals surface area contributed by atoms with Gasteiger partial charge in [-0.3, -0.25) is 20.4 Å². The van der Waals surface area contributed by atoms with Crippen molar-refractivity contribution < 1.29 is 9.59 Å². The Balaban J connectivity index is 1.33. The van der Waals surface area contributed by atoms with E-state index in [9.17, 15) is 9.59 Å². The molecule has 10 heteroatoms. The standard InChI is InChI=1S/C24H32N8O2/c25-21(26)17-3-7-19(8-4-17)29-11-1-13-31-15-16-32(24(34)23(31)33)14-2-12-30-20-9-5-18(6-10-20)22(27)28/h3-10,29-30H,1-2,11-16H2,(H3,25,26)(H3,27,28). The molecule has 0 saturated carbocycles. The quantitative estimate of drug-likeness (QED) is 0.120. The Hall–Kier alpha value is -4.08. The molecule has 8 N–H and O–H groups in total. The molecule has 0 radical (unpaired) electrons. The van der Waals surface area contributed by atoms with Crippen LogP contribution in [-0.4, -0.2) is 72.6 Å². The van der Waals surface area contributed by atoms with Crippen LogP contribution in [0.15, 0.2) is 48.5 Å². The second kappa shape index (κ2) is 11.7. The van der Waals surface area contributed by atoms with Crippen molar-refractivity contribution in [2.24, 2.45) is 11.5 Å². The van der Waals surface area contributed by atoms with Crippen LogP contribution in [0.2, 0.25) is 0 Å². The van der Waals surface area contributed by atoms with Gasteiger partial charge in [-0.1, -0.05) is 0 Å². The molecule has 1 aliphatic rings. The zero-order chi connectivity index (χ0) is 24.5. The van der Waals surface area contributed by atoms with E-state index in [1.807, 2.05) is 24.3 Å². The fraction of sp³-hybridized carbons (Fsp3) is 0.333. The van der Waals surface area contributed by atoms with Crippen molar-refractivity contribution in [3.63, 3.8) is 0 Å². The number of nitrogens with zero attached hydrogens (tertiary/aromatic N) is 2. The maximum Gasteiger partial charge on any atom is 0.312 e. The summed E-state index contributed by atoms with van der Waals surface area (Å²) >= 11 is 0. The van der Waals surface area contributed by atoms with Crippen LogP contribution in [0.1, 0.15) is 24.0 Å². The minimum Gasteiger partial charge on any atom is -0.385 e. The molecule has 1 heterocycles. The lowest BCUT2D eigenvalue weighted by Crippen LogP contribution is -2.54. The summed E-state index contributed by atoms with van der Waals surface area (Å²) in [6.45, 7) is 3.46. The smallest absolute Gasteiger partial charge is 0.312 e. The summed E-state index contributed by atoms with van der Waals surface area (Å²) < 4.78 is 0. The molecule has 0 aliphatic carbocycles. The van der Waals surface area contributed by atoms with Gasteiger partial charge >= 0.3 is 11.8 Å². The fourth-order valence-corrected chi connectivity index (χ4v) is 3.68. The summed E-state index contributed by atoms with van der Waals surface area (Å²) in [6.07, 6.45) is 1.44. The highest BCUT2D eigenvalue weighted by molar-refractivity contribution is 6.35. The van der Waals surface area contributed by atoms with Crippen LogP contribution >= 0.6 is 0 Å². The number of hydrogen-bond acceptors (Lipinski definition) is 6. The summed E-state index contributed by atoms with van der Waals surface area (Å²) in [5.74, 6) is -0.814. The predicted molar refractivity (Wildman–Crippen MR) is 134 cm³/mol. The van der Waals surface area contributed by atoms with Crippen LogP contribution in [0, 0.1) is 10.8 Å². The van der Waals surface area contributed by atoms with Crippen LogP contribution in [0.4, 0.5) is 11.4 Å². The number of benzene rings is 2. The van der Waals surface area contributed by atoms with Gasteiger partial charge in [0, 0.05) is 61.8 Å². The van der Waals surface area contributed by atoms with Crippen molar-refractivity contribution in [2.75, 3.05) is 49.9 Å². The molecule has 0 unspecified atom stereocenters. The zero-order valence-corrected chi connectivity index (χ0v) is 19.1. The van der Waals surface area contributed by atoms with Gasteiger partial charge < -0.3 is 31.9 Å². The van der Waals surface area contributed by atoms with E-state index in [2.05, 4.69) is 10.6 Å². The summed E-state index contributed by atoms with van der Waals surface area (Å²) in [6, 6.07) is 14.6. The lowest BCUT2D eigenvalue weighted by Gasteiger charge is -2.33. The third-order valence-corrected chi connectivity index (χ3v) is 5.66. The van der Waals surface area contributed by atoms with Crippen LogP contribution in [0.3, 0.4) is 0 Å². The van der Waals surface area contributed by atoms with Crippen molar-refractivity contribution >= 4 is 34.9 Å². The molecule has 1 fully saturated rings. The molecule has 34 heavy (non-hydrogen) atoms. The summed E-state index contributed by atoms with van der Waals surface area (Å²) in [4.78, 5) is 28.2. The first-order valence-electron chi connectivity index (χ1n) is 11.3. The van der Waals surface area contributed by atoms with Crippen molar-refractivity contribution in [1.82, 2.24) is 9.80 Å². The van der Waals surface area contributed by atoms with E-state index < -0.39 is 11.8 Å². The average molecular weight is 465 g/mol. The molecule has 0 aromatic heterocycles. The number of nitrogens with one attached hydrogen (secondary N) is 4. The van der Waals surface area contributed by atoms with Crippen molar-refractivity contribution in [3.8, 4) is 0 Å². The van der Waals surface area contributed by atoms with Gasteiger partial charge in [-0.2, -0.15) is 0 Å². The largest absolute Gasteiger partial charge is 0.385 e. The Morgan fingerprint density at radius 3 is 1.38 bits per heavy atom. The van der Waals surface area contributed by atoms with Gasteiger partial charge in [-0.05, 0) is 61.4 Å². The maximum atomic E-state index is 12.5. The molecule has 1 saturated heterocycles. The Bertz CT molecular complexity index is 937. The number of anilines is 2. The topological polar surface area (TPSA) is 164 Å². The predicted octanol–water partition coefficient (Wildman–Crippen LogP) is 1.23. The van der Waals surface area contributed by atoms with Crippen molar-refractivity contribution in [1.29, 1.82) is 10.8 Å². The summed E-state index contributed by atoms with van der Waals surface area (Å²) in [7, 11) is 0. The molecule has 10 nitrogen and oxygen atoms in total. The average Bonchev–Trinajstić information content (AvgIpc) is 2.83. The van der Waals surface area contributed by atoms with Gasteiger partial charge in [0.1, 0.15) is 11.7 Å². The van der Waals surface area contributed by atoms with E-state index in [-0.39, 0.29) is 11.7 Å². The molecule has 2 amide bonds. The number of nitrogens with two attached hydrogens (primary N) is 2. The molecule has 0 spiro atoms. The normalized spacial score (nSPS) is 13.6. The van der Waals surface area contributed by atoms with E-state index in [1.165, 1.54) is 0 Å². The third kappa shape index (κ3) is 6.71. The van der Waals surface area contributed by atoms with Crippen LogP contribution < -0.4 is 22.1 Å². The van der Waals surface area contributed by atoms with Gasteiger partial charge in [-0.15, -0.1) is 0 Å². The van der Waals surface area contributed by atoms with Gasteiger partial charge in [0.2, 0.25) is 0 Å². The molecular formula is C24H32N8O2. The van der Waals surface area contributed by atoms with E-state index in [1.54, 1.807) is 34.1 Å². The summed E-state index contributed by atoms with van der Waals surface area (Å²) in [5.41, 5.74) is 14.1. The van der Waals surface area contributed by atoms with Crippen LogP contribution in [0.25, 0.3) is 0 Å². The van der Waals surface area contributed by atoms with Gasteiger partial charge in [0.05, 0.1) is 0 Å². The highest BCUT2D eigenvalue weighted by Crippen LogP contribution is 2.12. The molecule has 2 aromatic rings. The first-order valence-corrected chi connectivity index (χ1v) is 11.3. The Morgan fingerprint density at radius 2 is 1.06 bits per heavy atom. The Kier molecular flexibility index (Phi) is 8.44. The molecule has 1 aliphatic heterocycles. The number of nitrogen functional groups attached to an aromatic ring is 2. The molecule has 3 rings (SSSR count). The van der Waals surface area contributed by atoms with Crippen LogP contribution in [0.5, 0.6) is 0 Å². The molecule has 2 aromatic carbocycles. The fourth-order valence-electron chi connectivity index (χ4n) is 3.68. The maximum absolute atomic E-state index is 12.5. The highest BCUT2D eigenvalue weighted by Gasteiger charge is 2.31. The van der Waals surface area contributed by atoms with E-state index in [4.69, 9.17) is 22.3 Å². The van der Waals surface area contributed by atoms with Crippen molar-refractivity contribution in [2.45, 2.75) is 12.8 Å². The Morgan fingerprint density at radius 1 is 0.706 bits per heavy atom. The van der Waals surface area contributed by atoms with Crippen molar-refractivity contribution in [3.05, 3.63) is 59.7 Å². The number of amidine groups is 2. The molecule has 180 valence electrons. The van der Waals surface area contributed by atoms with E-state index in [0.29, 0.717) is 50.4 Å². The summed E-state index contributed by atoms with van der Waals surface area (Å²) in [5, 5.41) is 21.4. The number of piperazine rings is 1. The number of amides is 2. The SMILES string of the molecule is N=C(N)c1ccc(NCCCN2CCN(CCCNc3ccc(C(=N)N)cc3)C(=O)C2=O)cc1. The van der Waals surface area contributed by atoms with Gasteiger partial charge in [-0.25, -0.2) is 0 Å². The Labute approximate surface area is 199 Å². The number of carbonyl (C=O) groups excluding carboxylic acids is 2. The molecule has 0 atom stereocenters. The van der Waals surface area contributed by atoms with E-state index >= 15 is 0 Å². The molecular weight excluding hydrogens is 432 g/mol. The number of carbonyl (C=O) groups is 2. The zero-order valence-electron chi connectivity index (χ0n) is 19.1. The highest BCUT2D eigenvalue weighted by atomic mass is 16.2. The van der Waals surface area contributed by atoms with E-state index in [0.717, 1.165) is 24.2 Å². The minimum atomic E-state index is -0.440. The second-order valence-corrected chi connectivity index (χ2v) is 8.13. The minimum absolute atomic E-state index is 0.0329. The van der Waals surface area contributed by atoms with Gasteiger partial charge in [0.25, 0.3) is 0 Å². The monoisotopic (exact) mass is 464 g/mol. The lowest BCUT2D eigenvalue weighted by molar-refractivity contribution is -0.156. The lowest BCUT2D eigenvalue weighted by atomic mass is 10.2. The number of hydrogen-bond donors (Lipinski definition) is 6. The second-order valence-electron chi connectivity index (χ2n) is 8.13.